The van der Waals surface area contributed by atoms with Gasteiger partial charge < -0.3 is 60.4 Å². The van der Waals surface area contributed by atoms with E-state index in [2.05, 4.69) is 40.6 Å². The number of aromatic nitrogens is 2. The first-order valence-corrected chi connectivity index (χ1v) is 24.1. The van der Waals surface area contributed by atoms with Gasteiger partial charge in [-0.25, -0.2) is 23.3 Å². The fourth-order valence-electron chi connectivity index (χ4n) is 6.78. The van der Waals surface area contributed by atoms with Gasteiger partial charge in [0.2, 0.25) is 5.91 Å². The lowest BCUT2D eigenvalue weighted by atomic mass is 9.90. The van der Waals surface area contributed by atoms with E-state index in [0.717, 1.165) is 10.8 Å². The predicted molar refractivity (Wildman–Crippen MR) is 231 cm³/mol. The first-order chi connectivity index (χ1) is 31.5. The highest BCUT2D eigenvalue weighted by Gasteiger charge is 2.43. The molecule has 1 saturated heterocycles. The van der Waals surface area contributed by atoms with Crippen molar-refractivity contribution in [2.75, 3.05) is 25.4 Å². The number of carbonyl (C=O) groups is 3. The molecule has 1 aromatic heterocycles. The van der Waals surface area contributed by atoms with Gasteiger partial charge in [0, 0.05) is 59.8 Å². The molecule has 1 fully saturated rings. The number of benzene rings is 3. The number of ether oxygens (including phenoxy) is 1. The van der Waals surface area contributed by atoms with Crippen molar-refractivity contribution >= 4 is 58.0 Å². The number of phenolic OH excluding ortho intramolecular Hbond substituents is 1. The number of fused-ring (bicyclic) bond motifs is 2. The molecule has 2 aromatic carbocycles. The van der Waals surface area contributed by atoms with E-state index in [9.17, 15) is 62.8 Å². The van der Waals surface area contributed by atoms with Crippen molar-refractivity contribution < 1.29 is 85.3 Å². The summed E-state index contributed by atoms with van der Waals surface area (Å²) in [7, 11) is -16.9. The molecule has 3 heterocycles. The Bertz CT molecular complexity index is 3030. The third kappa shape index (κ3) is 13.3. The van der Waals surface area contributed by atoms with Crippen LogP contribution in [0.5, 0.6) is 5.75 Å². The third-order valence-corrected chi connectivity index (χ3v) is 13.5. The molecule has 2 amide bonds. The minimum Gasteiger partial charge on any atom is -0.508 e. The van der Waals surface area contributed by atoms with E-state index in [1.54, 1.807) is 6.07 Å². The summed E-state index contributed by atoms with van der Waals surface area (Å²) in [6.45, 7) is -0.888. The summed E-state index contributed by atoms with van der Waals surface area (Å²) in [5, 5.41) is 36.5. The van der Waals surface area contributed by atoms with Crippen LogP contribution in [-0.4, -0.2) is 94.1 Å². The molecule has 1 aliphatic carbocycles. The van der Waals surface area contributed by atoms with Gasteiger partial charge in [0.05, 0.1) is 30.4 Å². The van der Waals surface area contributed by atoms with Crippen LogP contribution < -0.4 is 27.5 Å². The molecular formula is C39H40N5O20P3. The largest absolute Gasteiger partial charge is 0.508 e. The Morgan fingerprint density at radius 3 is 2.40 bits per heavy atom. The van der Waals surface area contributed by atoms with E-state index >= 15 is 0 Å². The minimum absolute atomic E-state index is 0.0253. The Morgan fingerprint density at radius 2 is 1.67 bits per heavy atom. The zero-order valence-corrected chi connectivity index (χ0v) is 37.1. The molecule has 2 unspecified atom stereocenters. The number of nitrogens with one attached hydrogen (secondary N) is 2. The second-order valence-electron chi connectivity index (χ2n) is 14.6. The zero-order valence-electron chi connectivity index (χ0n) is 34.4. The molecule has 3 aliphatic rings. The highest BCUT2D eigenvalue weighted by atomic mass is 31.3. The van der Waals surface area contributed by atoms with Gasteiger partial charge in [-0.1, -0.05) is 24.3 Å². The van der Waals surface area contributed by atoms with E-state index in [0.29, 0.717) is 35.8 Å². The normalized spacial score (nSPS) is 17.8. The number of phenols is 1. The monoisotopic (exact) mass is 991 g/mol. The number of aromatic carboxylic acids is 1. The Hall–Kier alpha value is -6.09. The van der Waals surface area contributed by atoms with Gasteiger partial charge in [-0.2, -0.15) is 13.6 Å². The molecule has 0 radical (unpaired) electrons. The Labute approximate surface area is 376 Å². The number of amides is 2. The number of carboxylic acids is 1. The van der Waals surface area contributed by atoms with E-state index < -0.39 is 66.1 Å². The second-order valence-corrected chi connectivity index (χ2v) is 19.0. The number of anilines is 1. The number of phosphoric acid groups is 3. The highest BCUT2D eigenvalue weighted by Crippen LogP contribution is 2.66. The van der Waals surface area contributed by atoms with Crippen LogP contribution >= 0.6 is 23.5 Å². The van der Waals surface area contributed by atoms with Crippen LogP contribution in [-0.2, 0) is 36.4 Å². The highest BCUT2D eigenvalue weighted by molar-refractivity contribution is 7.66. The van der Waals surface area contributed by atoms with Crippen LogP contribution in [0.15, 0.2) is 74.8 Å². The summed E-state index contributed by atoms with van der Waals surface area (Å²) < 4.78 is 58.5. The fourth-order valence-corrected chi connectivity index (χ4v) is 9.81. The Kier molecular flexibility index (Phi) is 15.6. The van der Waals surface area contributed by atoms with Gasteiger partial charge >= 0.3 is 35.1 Å². The summed E-state index contributed by atoms with van der Waals surface area (Å²) in [5.41, 5.74) is 5.86. The first kappa shape index (κ1) is 50.3. The van der Waals surface area contributed by atoms with Crippen LogP contribution in [0.25, 0.3) is 33.4 Å². The molecule has 11 N–H and O–H groups in total. The van der Waals surface area contributed by atoms with Crippen LogP contribution in [0.1, 0.15) is 64.6 Å². The standard InChI is InChI=1S/C39H40N5O20P3/c40-36-22(19-44(39(52)43-36)34-18-29(47)32(62-34)20-60-66(56,57)64-67(58,59)63-65(53,54)55)5-4-14-41-33(48)6-2-1-3-13-42-37(49)21-7-10-25(28(15-21)38(50)51)35-26-11-8-23(45)16-30(26)61-31-17-24(46)9-12-27(31)35/h7-12,15-17,19,29,32,34,45,47H,1-3,6,13-14,18,20H2,(H,41,48)(H,42,49)(H,50,51)(H,56,57)(H,58,59)(H2,40,43,52)(H2,53,54,55)/t29-,32+,34+/m0/s1. The van der Waals surface area contributed by atoms with Gasteiger partial charge in [-0.15, -0.1) is 0 Å². The molecular weight excluding hydrogens is 951 g/mol. The number of rotatable bonds is 18. The van der Waals surface area contributed by atoms with Crippen molar-refractivity contribution in [3.8, 4) is 40.0 Å². The number of carbonyl (C=O) groups excluding carboxylic acids is 2. The van der Waals surface area contributed by atoms with E-state index in [1.807, 2.05) is 0 Å². The number of unbranched alkanes of at least 4 members (excludes halogenated alkanes) is 2. The number of phosphoric ester groups is 1. The van der Waals surface area contributed by atoms with Gasteiger partial charge in [0.1, 0.15) is 35.2 Å². The molecule has 3 aromatic rings. The summed E-state index contributed by atoms with van der Waals surface area (Å²) in [6, 6.07) is 12.6. The van der Waals surface area contributed by atoms with Crippen molar-refractivity contribution in [1.82, 2.24) is 20.2 Å². The second kappa shape index (κ2) is 20.8. The molecule has 6 rings (SSSR count). The lowest BCUT2D eigenvalue weighted by molar-refractivity contribution is -0.121. The fraction of sp³-hybridized carbons (Fsp3) is 0.282. The Morgan fingerprint density at radius 1 is 0.925 bits per heavy atom. The van der Waals surface area contributed by atoms with Crippen molar-refractivity contribution in [3.05, 3.63) is 98.2 Å². The first-order valence-electron chi connectivity index (χ1n) is 19.6. The number of nitrogens with two attached hydrogens (primary N) is 1. The van der Waals surface area contributed by atoms with Gasteiger partial charge in [0.25, 0.3) is 5.91 Å². The maximum atomic E-state index is 13.1. The Balaban J connectivity index is 0.957. The molecule has 0 bridgehead atoms. The zero-order chi connectivity index (χ0) is 48.8. The van der Waals surface area contributed by atoms with Crippen molar-refractivity contribution in [1.29, 1.82) is 0 Å². The van der Waals surface area contributed by atoms with Crippen LogP contribution in [0.4, 0.5) is 5.82 Å². The number of hydrogen-bond acceptors (Lipinski definition) is 17. The maximum Gasteiger partial charge on any atom is 0.490 e. The number of hydrogen-bond donors (Lipinski definition) is 10. The van der Waals surface area contributed by atoms with Gasteiger partial charge in [-0.05, 0) is 54.8 Å². The number of aliphatic hydroxyl groups excluding tert-OH is 1. The van der Waals surface area contributed by atoms with Crippen LogP contribution in [0.2, 0.25) is 0 Å². The molecule has 28 heteroatoms. The summed E-state index contributed by atoms with van der Waals surface area (Å²) in [6.07, 6.45) is -1.67. The van der Waals surface area contributed by atoms with E-state index in [-0.39, 0.29) is 82.4 Å². The van der Waals surface area contributed by atoms with Crippen LogP contribution in [0.3, 0.4) is 0 Å². The summed E-state index contributed by atoms with van der Waals surface area (Å²) in [4.78, 5) is 103. The minimum atomic E-state index is -5.79. The van der Waals surface area contributed by atoms with Gasteiger partial charge in [-0.3, -0.25) is 23.5 Å². The molecule has 356 valence electrons. The number of aliphatic hydroxyl groups is 1. The molecule has 5 atom stereocenters. The van der Waals surface area contributed by atoms with Crippen molar-refractivity contribution in [2.24, 2.45) is 0 Å². The number of carboxylic acid groups (broad SMARTS) is 1. The quantitative estimate of drug-likeness (QED) is 0.0261. The average Bonchev–Trinajstić information content (AvgIpc) is 3.60. The number of nitrogens with zero attached hydrogens (tertiary/aromatic N) is 2. The summed E-state index contributed by atoms with van der Waals surface area (Å²) in [5.74, 6) is 2.95. The summed E-state index contributed by atoms with van der Waals surface area (Å²) >= 11 is 0. The SMILES string of the molecule is Nc1nc(=O)n([C@H]2C[C@H](O)[C@@H](COP(=O)(O)OP(=O)(O)OP(=O)(O)O)O2)cc1C#CCNC(=O)CCCCCNC(=O)c1ccc(-c2c3ccc(=O)cc-3oc3cc(O)ccc23)c(C(=O)O)c1. The number of nitrogen functional groups attached to an aromatic ring is 1. The molecule has 0 spiro atoms. The lowest BCUT2D eigenvalue weighted by Gasteiger charge is -2.19. The average molecular weight is 992 g/mol. The predicted octanol–water partition coefficient (Wildman–Crippen LogP) is 2.56. The maximum absolute atomic E-state index is 13.1. The van der Waals surface area contributed by atoms with E-state index in [1.165, 1.54) is 48.5 Å². The molecule has 2 aliphatic heterocycles. The van der Waals surface area contributed by atoms with Crippen molar-refractivity contribution in [2.45, 2.75) is 50.5 Å². The smallest absolute Gasteiger partial charge is 0.490 e. The topological polar surface area (TPSA) is 396 Å². The van der Waals surface area contributed by atoms with E-state index in [4.69, 9.17) is 24.7 Å². The molecule has 25 nitrogen and oxygen atoms in total. The lowest BCUT2D eigenvalue weighted by Crippen LogP contribution is -2.29. The molecule has 0 saturated carbocycles. The van der Waals surface area contributed by atoms with Gasteiger partial charge in [0.15, 0.2) is 5.43 Å². The number of aromatic hydroxyl groups is 1. The third-order valence-electron chi connectivity index (χ3n) is 9.73. The van der Waals surface area contributed by atoms with Crippen LogP contribution in [0, 0.1) is 11.8 Å². The van der Waals surface area contributed by atoms with Crippen molar-refractivity contribution in [3.63, 3.8) is 0 Å². The molecule has 67 heavy (non-hydrogen) atoms.